The Bertz CT molecular complexity index is 683. The van der Waals surface area contributed by atoms with E-state index < -0.39 is 0 Å². The summed E-state index contributed by atoms with van der Waals surface area (Å²) in [6.07, 6.45) is 2.86. The van der Waals surface area contributed by atoms with Gasteiger partial charge in [-0.05, 0) is 6.92 Å². The Morgan fingerprint density at radius 3 is 2.08 bits per heavy atom. The van der Waals surface area contributed by atoms with Crippen molar-refractivity contribution in [3.05, 3.63) is 28.1 Å². The van der Waals surface area contributed by atoms with Crippen molar-refractivity contribution in [1.82, 2.24) is 19.9 Å². The van der Waals surface area contributed by atoms with Gasteiger partial charge in [-0.1, -0.05) is 34.8 Å². The van der Waals surface area contributed by atoms with Crippen LogP contribution in [0.4, 0.5) is 17.2 Å². The van der Waals surface area contributed by atoms with Crippen molar-refractivity contribution in [2.45, 2.75) is 13.0 Å². The summed E-state index contributed by atoms with van der Waals surface area (Å²) in [4.78, 5) is 17.2. The Kier molecular flexibility index (Phi) is 6.61. The average molecular weight is 393 g/mol. The molecular weight excluding hydrogens is 377 g/mol. The van der Waals surface area contributed by atoms with Crippen molar-refractivity contribution in [2.24, 2.45) is 0 Å². The maximum Gasteiger partial charge on any atom is 0.157 e. The van der Waals surface area contributed by atoms with E-state index in [2.05, 4.69) is 24.8 Å². The Morgan fingerprint density at radius 1 is 1.00 bits per heavy atom. The van der Waals surface area contributed by atoms with Crippen molar-refractivity contribution in [1.29, 1.82) is 0 Å². The van der Waals surface area contributed by atoms with Crippen LogP contribution in [0.3, 0.4) is 0 Å². The molecule has 0 amide bonds. The lowest BCUT2D eigenvalue weighted by atomic mass is 10.3. The minimum atomic E-state index is 0.187. The molecule has 1 aliphatic rings. The van der Waals surface area contributed by atoms with Crippen LogP contribution in [0.5, 0.6) is 0 Å². The van der Waals surface area contributed by atoms with Gasteiger partial charge in [0.25, 0.3) is 0 Å². The number of morpholine rings is 1. The highest BCUT2D eigenvalue weighted by molar-refractivity contribution is 6.37. The van der Waals surface area contributed by atoms with E-state index in [1.165, 1.54) is 12.7 Å². The third-order valence-electron chi connectivity index (χ3n) is 3.14. The van der Waals surface area contributed by atoms with E-state index in [1.807, 2.05) is 6.92 Å². The molecule has 0 aliphatic carbocycles. The van der Waals surface area contributed by atoms with Crippen LogP contribution in [0, 0.1) is 0 Å². The number of rotatable bonds is 1. The number of nitrogens with two attached hydrogens (primary N) is 2. The highest BCUT2D eigenvalue weighted by Gasteiger charge is 2.20. The molecule has 24 heavy (non-hydrogen) atoms. The summed E-state index contributed by atoms with van der Waals surface area (Å²) < 4.78 is 5.44. The van der Waals surface area contributed by atoms with Gasteiger partial charge in [-0.3, -0.25) is 0 Å². The van der Waals surface area contributed by atoms with Crippen LogP contribution >= 0.6 is 34.8 Å². The van der Waals surface area contributed by atoms with E-state index in [9.17, 15) is 0 Å². The molecule has 0 saturated carbocycles. The van der Waals surface area contributed by atoms with E-state index in [0.717, 1.165) is 13.1 Å². The molecule has 0 aromatic carbocycles. The number of nitrogen functional groups attached to an aromatic ring is 2. The largest absolute Gasteiger partial charge is 0.394 e. The number of hydrogen-bond donors (Lipinski definition) is 2. The van der Waals surface area contributed by atoms with Crippen LogP contribution in [0.2, 0.25) is 15.5 Å². The first-order valence-corrected chi connectivity index (χ1v) is 8.07. The standard InChI is InChI=1S/C9H13ClN4O.C4H3Cl2N3/c1-6-4-14(2-3-15-6)9-7(11)8(10)12-5-13-9;5-3-2(7)4(6)9-1-8-3/h5-6H,2-4,11H2,1H3;1H,7H2. The molecule has 11 heteroatoms. The van der Waals surface area contributed by atoms with E-state index in [4.69, 9.17) is 51.0 Å². The smallest absolute Gasteiger partial charge is 0.157 e. The molecule has 1 saturated heterocycles. The fourth-order valence-electron chi connectivity index (χ4n) is 1.98. The first kappa shape index (κ1) is 18.7. The number of aromatic nitrogens is 4. The van der Waals surface area contributed by atoms with E-state index in [0.29, 0.717) is 23.3 Å². The summed E-state index contributed by atoms with van der Waals surface area (Å²) in [5.74, 6) is 0.699. The number of anilines is 3. The molecule has 0 spiro atoms. The van der Waals surface area contributed by atoms with Crippen molar-refractivity contribution in [2.75, 3.05) is 36.1 Å². The van der Waals surface area contributed by atoms with Crippen LogP contribution in [0.25, 0.3) is 0 Å². The zero-order valence-corrected chi connectivity index (χ0v) is 15.1. The summed E-state index contributed by atoms with van der Waals surface area (Å²) in [5.41, 5.74) is 11.8. The van der Waals surface area contributed by atoms with Gasteiger partial charge < -0.3 is 21.1 Å². The lowest BCUT2D eigenvalue weighted by Crippen LogP contribution is -2.41. The topological polar surface area (TPSA) is 116 Å². The Hall–Kier alpha value is -1.61. The Balaban J connectivity index is 0.000000198. The predicted octanol–water partition coefficient (Wildman–Crippen LogP) is 2.30. The van der Waals surface area contributed by atoms with Gasteiger partial charge in [0.2, 0.25) is 0 Å². The maximum absolute atomic E-state index is 5.84. The second-order valence-corrected chi connectivity index (χ2v) is 5.97. The number of hydrogen-bond acceptors (Lipinski definition) is 8. The molecule has 1 fully saturated rings. The van der Waals surface area contributed by atoms with E-state index in [-0.39, 0.29) is 22.1 Å². The second kappa shape index (κ2) is 8.48. The minimum absolute atomic E-state index is 0.187. The SMILES string of the molecule is CC1CN(c2ncnc(Cl)c2N)CCO1.Nc1c(Cl)ncnc1Cl. The number of ether oxygens (including phenoxy) is 1. The molecule has 130 valence electrons. The third kappa shape index (κ3) is 4.70. The third-order valence-corrected chi connectivity index (χ3v) is 4.05. The molecule has 2 aromatic heterocycles. The lowest BCUT2D eigenvalue weighted by molar-refractivity contribution is 0.0530. The number of nitrogens with zero attached hydrogens (tertiary/aromatic N) is 5. The van der Waals surface area contributed by atoms with Gasteiger partial charge in [0, 0.05) is 13.1 Å². The molecule has 0 radical (unpaired) electrons. The monoisotopic (exact) mass is 391 g/mol. The highest BCUT2D eigenvalue weighted by Crippen LogP contribution is 2.26. The fourth-order valence-corrected chi connectivity index (χ4v) is 2.43. The molecule has 3 rings (SSSR count). The summed E-state index contributed by atoms with van der Waals surface area (Å²) in [6.45, 7) is 4.26. The fraction of sp³-hybridized carbons (Fsp3) is 0.385. The first-order valence-electron chi connectivity index (χ1n) is 6.94. The maximum atomic E-state index is 5.84. The molecule has 1 aliphatic heterocycles. The van der Waals surface area contributed by atoms with Gasteiger partial charge in [0.05, 0.1) is 12.7 Å². The molecule has 1 unspecified atom stereocenters. The van der Waals surface area contributed by atoms with Crippen molar-refractivity contribution >= 4 is 52.0 Å². The highest BCUT2D eigenvalue weighted by atomic mass is 35.5. The van der Waals surface area contributed by atoms with Gasteiger partial charge in [0.15, 0.2) is 21.3 Å². The Labute approximate surface area is 154 Å². The molecule has 8 nitrogen and oxygen atoms in total. The zero-order chi connectivity index (χ0) is 17.7. The molecule has 1 atom stereocenters. The molecule has 2 aromatic rings. The van der Waals surface area contributed by atoms with Crippen LogP contribution < -0.4 is 16.4 Å². The summed E-state index contributed by atoms with van der Waals surface area (Å²) in [5, 5.41) is 0.684. The van der Waals surface area contributed by atoms with Gasteiger partial charge in [-0.25, -0.2) is 19.9 Å². The van der Waals surface area contributed by atoms with Crippen LogP contribution in [-0.4, -0.2) is 45.7 Å². The van der Waals surface area contributed by atoms with E-state index in [1.54, 1.807) is 0 Å². The van der Waals surface area contributed by atoms with Crippen LogP contribution in [-0.2, 0) is 4.74 Å². The van der Waals surface area contributed by atoms with Crippen molar-refractivity contribution in [3.63, 3.8) is 0 Å². The number of halogens is 3. The van der Waals surface area contributed by atoms with Gasteiger partial charge in [-0.15, -0.1) is 0 Å². The summed E-state index contributed by atoms with van der Waals surface area (Å²) in [6, 6.07) is 0. The molecular formula is C13H16Cl3N7O. The second-order valence-electron chi connectivity index (χ2n) is 4.90. The van der Waals surface area contributed by atoms with Crippen molar-refractivity contribution < 1.29 is 4.74 Å². The van der Waals surface area contributed by atoms with E-state index >= 15 is 0 Å². The summed E-state index contributed by atoms with van der Waals surface area (Å²) in [7, 11) is 0. The van der Waals surface area contributed by atoms with Crippen LogP contribution in [0.15, 0.2) is 12.7 Å². The zero-order valence-electron chi connectivity index (χ0n) is 12.8. The lowest BCUT2D eigenvalue weighted by Gasteiger charge is -2.32. The normalized spacial score (nSPS) is 17.2. The minimum Gasteiger partial charge on any atom is -0.394 e. The quantitative estimate of drug-likeness (QED) is 0.710. The molecule has 0 bridgehead atoms. The predicted molar refractivity (Wildman–Crippen MR) is 95.5 cm³/mol. The van der Waals surface area contributed by atoms with Gasteiger partial charge in [-0.2, -0.15) is 0 Å². The Morgan fingerprint density at radius 2 is 1.54 bits per heavy atom. The molecule has 3 heterocycles. The van der Waals surface area contributed by atoms with Crippen molar-refractivity contribution in [3.8, 4) is 0 Å². The van der Waals surface area contributed by atoms with Crippen LogP contribution in [0.1, 0.15) is 6.92 Å². The van der Waals surface area contributed by atoms with Gasteiger partial charge >= 0.3 is 0 Å². The summed E-state index contributed by atoms with van der Waals surface area (Å²) >= 11 is 16.7. The molecule has 4 N–H and O–H groups in total. The van der Waals surface area contributed by atoms with Gasteiger partial charge in [0.1, 0.15) is 24.0 Å². The average Bonchev–Trinajstić information content (AvgIpc) is 2.56. The first-order chi connectivity index (χ1) is 11.4.